The molecule has 2 nitrogen and oxygen atoms in total. The fourth-order valence-electron chi connectivity index (χ4n) is 1.89. The number of carbonyl (C=O) groups is 1. The van der Waals surface area contributed by atoms with Gasteiger partial charge < -0.3 is 4.74 Å². The molecule has 0 amide bonds. The van der Waals surface area contributed by atoms with Crippen molar-refractivity contribution in [3.8, 4) is 0 Å². The summed E-state index contributed by atoms with van der Waals surface area (Å²) in [7, 11) is 0. The molecule has 0 fully saturated rings. The van der Waals surface area contributed by atoms with Crippen molar-refractivity contribution in [2.24, 2.45) is 0 Å². The van der Waals surface area contributed by atoms with Gasteiger partial charge in [-0.3, -0.25) is 0 Å². The highest BCUT2D eigenvalue weighted by molar-refractivity contribution is 7.99. The molecule has 0 aliphatic carbocycles. The van der Waals surface area contributed by atoms with Crippen molar-refractivity contribution in [3.05, 3.63) is 59.7 Å². The summed E-state index contributed by atoms with van der Waals surface area (Å²) in [4.78, 5) is 14.4. The lowest BCUT2D eigenvalue weighted by Gasteiger charge is -2.08. The monoisotopic (exact) mass is 318 g/mol. The molecule has 0 aromatic heterocycles. The maximum atomic E-state index is 11.9. The molecule has 0 aliphatic heterocycles. The number of esters is 1. The lowest BCUT2D eigenvalue weighted by molar-refractivity contribution is 0.0525. The van der Waals surface area contributed by atoms with Gasteiger partial charge in [0.1, 0.15) is 0 Å². The Bertz CT molecular complexity index is 594. The highest BCUT2D eigenvalue weighted by Gasteiger charge is 2.11. The van der Waals surface area contributed by atoms with E-state index in [9.17, 15) is 4.79 Å². The van der Waals surface area contributed by atoms with Crippen LogP contribution in [0.15, 0.2) is 58.3 Å². The molecule has 0 bridgehead atoms. The van der Waals surface area contributed by atoms with E-state index in [0.29, 0.717) is 12.2 Å². The van der Waals surface area contributed by atoms with E-state index in [0.717, 1.165) is 11.3 Å². The van der Waals surface area contributed by atoms with Gasteiger partial charge in [-0.1, -0.05) is 18.2 Å². The SMILES string of the molecule is CCOC(=O)c1ccccc1CSc1ccc(SC)cc1. The van der Waals surface area contributed by atoms with Crippen molar-refractivity contribution in [1.82, 2.24) is 0 Å². The molecule has 2 aromatic carbocycles. The van der Waals surface area contributed by atoms with E-state index in [1.807, 2.05) is 31.2 Å². The Morgan fingerprint density at radius 1 is 1.05 bits per heavy atom. The van der Waals surface area contributed by atoms with Crippen molar-refractivity contribution in [2.75, 3.05) is 12.9 Å². The molecule has 0 N–H and O–H groups in total. The van der Waals surface area contributed by atoms with Crippen molar-refractivity contribution < 1.29 is 9.53 Å². The van der Waals surface area contributed by atoms with Crippen LogP contribution in [0.4, 0.5) is 0 Å². The Morgan fingerprint density at radius 3 is 2.38 bits per heavy atom. The highest BCUT2D eigenvalue weighted by atomic mass is 32.2. The Balaban J connectivity index is 2.07. The molecule has 2 aromatic rings. The molecular formula is C17H18O2S2. The van der Waals surface area contributed by atoms with Crippen LogP contribution in [-0.4, -0.2) is 18.8 Å². The Labute approximate surface area is 134 Å². The molecule has 21 heavy (non-hydrogen) atoms. The summed E-state index contributed by atoms with van der Waals surface area (Å²) in [6, 6.07) is 16.1. The minimum Gasteiger partial charge on any atom is -0.462 e. The number of hydrogen-bond acceptors (Lipinski definition) is 4. The normalized spacial score (nSPS) is 10.4. The lowest BCUT2D eigenvalue weighted by Crippen LogP contribution is -2.07. The number of ether oxygens (including phenoxy) is 1. The van der Waals surface area contributed by atoms with Crippen LogP contribution < -0.4 is 0 Å². The van der Waals surface area contributed by atoms with Crippen molar-refractivity contribution in [2.45, 2.75) is 22.5 Å². The second-order valence-electron chi connectivity index (χ2n) is 4.34. The molecule has 0 spiro atoms. The Kier molecular flexibility index (Phi) is 6.21. The van der Waals surface area contributed by atoms with E-state index >= 15 is 0 Å². The van der Waals surface area contributed by atoms with E-state index in [4.69, 9.17) is 4.74 Å². The van der Waals surface area contributed by atoms with Crippen LogP contribution in [0.3, 0.4) is 0 Å². The zero-order valence-corrected chi connectivity index (χ0v) is 13.8. The third kappa shape index (κ3) is 4.55. The van der Waals surface area contributed by atoms with Gasteiger partial charge in [0.05, 0.1) is 12.2 Å². The number of rotatable bonds is 6. The molecule has 110 valence electrons. The maximum Gasteiger partial charge on any atom is 0.338 e. The minimum absolute atomic E-state index is 0.244. The summed E-state index contributed by atoms with van der Waals surface area (Å²) in [6.07, 6.45) is 2.07. The standard InChI is InChI=1S/C17H18O2S2/c1-3-19-17(18)16-7-5-4-6-13(16)12-21-15-10-8-14(20-2)9-11-15/h4-11H,3,12H2,1-2H3. The summed E-state index contributed by atoms with van der Waals surface area (Å²) in [6.45, 7) is 2.22. The topological polar surface area (TPSA) is 26.3 Å². The van der Waals surface area contributed by atoms with Gasteiger partial charge in [0, 0.05) is 15.5 Å². The van der Waals surface area contributed by atoms with Gasteiger partial charge in [0.2, 0.25) is 0 Å². The maximum absolute atomic E-state index is 11.9. The summed E-state index contributed by atoms with van der Waals surface area (Å²) < 4.78 is 5.10. The zero-order chi connectivity index (χ0) is 15.1. The Morgan fingerprint density at radius 2 is 1.71 bits per heavy atom. The van der Waals surface area contributed by atoms with E-state index in [-0.39, 0.29) is 5.97 Å². The molecule has 0 radical (unpaired) electrons. The van der Waals surface area contributed by atoms with Gasteiger partial charge in [-0.25, -0.2) is 4.79 Å². The van der Waals surface area contributed by atoms with Crippen LogP contribution >= 0.6 is 23.5 Å². The number of benzene rings is 2. The number of carbonyl (C=O) groups excluding carboxylic acids is 1. The summed E-state index contributed by atoms with van der Waals surface area (Å²) >= 11 is 3.46. The van der Waals surface area contributed by atoms with Gasteiger partial charge in [-0.2, -0.15) is 0 Å². The first-order valence-electron chi connectivity index (χ1n) is 6.76. The molecule has 0 atom stereocenters. The van der Waals surface area contributed by atoms with E-state index in [2.05, 4.69) is 30.5 Å². The molecule has 0 aliphatic rings. The predicted molar refractivity (Wildman–Crippen MR) is 90.2 cm³/mol. The van der Waals surface area contributed by atoms with Gasteiger partial charge in [-0.15, -0.1) is 23.5 Å². The van der Waals surface area contributed by atoms with Gasteiger partial charge in [-0.05, 0) is 49.1 Å². The van der Waals surface area contributed by atoms with Crippen molar-refractivity contribution in [3.63, 3.8) is 0 Å². The third-order valence-electron chi connectivity index (χ3n) is 2.97. The Hall–Kier alpha value is -1.39. The van der Waals surface area contributed by atoms with Crippen LogP contribution in [0.2, 0.25) is 0 Å². The predicted octanol–water partition coefficient (Wildman–Crippen LogP) is 4.88. The van der Waals surface area contributed by atoms with Gasteiger partial charge in [0.15, 0.2) is 0 Å². The smallest absolute Gasteiger partial charge is 0.338 e. The quantitative estimate of drug-likeness (QED) is 0.560. The van der Waals surface area contributed by atoms with E-state index in [1.54, 1.807) is 23.5 Å². The van der Waals surface area contributed by atoms with E-state index in [1.165, 1.54) is 9.79 Å². The molecule has 0 unspecified atom stereocenters. The highest BCUT2D eigenvalue weighted by Crippen LogP contribution is 2.26. The lowest BCUT2D eigenvalue weighted by atomic mass is 10.1. The van der Waals surface area contributed by atoms with Crippen LogP contribution in [0, 0.1) is 0 Å². The van der Waals surface area contributed by atoms with E-state index < -0.39 is 0 Å². The molecular weight excluding hydrogens is 300 g/mol. The van der Waals surface area contributed by atoms with Gasteiger partial charge in [0.25, 0.3) is 0 Å². The molecule has 0 saturated heterocycles. The summed E-state index contributed by atoms with van der Waals surface area (Å²) in [5.74, 6) is 0.513. The molecule has 4 heteroatoms. The first-order valence-corrected chi connectivity index (χ1v) is 8.97. The van der Waals surface area contributed by atoms with Crippen LogP contribution in [0.25, 0.3) is 0 Å². The first kappa shape index (κ1) is 16.0. The first-order chi connectivity index (χ1) is 10.2. The fraction of sp³-hybridized carbons (Fsp3) is 0.235. The summed E-state index contributed by atoms with van der Waals surface area (Å²) in [5, 5.41) is 0. The second-order valence-corrected chi connectivity index (χ2v) is 6.27. The average Bonchev–Trinajstić information content (AvgIpc) is 2.54. The number of hydrogen-bond donors (Lipinski definition) is 0. The van der Waals surface area contributed by atoms with Crippen LogP contribution in [0.5, 0.6) is 0 Å². The molecule has 0 saturated carbocycles. The van der Waals surface area contributed by atoms with Crippen LogP contribution in [0.1, 0.15) is 22.8 Å². The fourth-order valence-corrected chi connectivity index (χ4v) is 3.20. The average molecular weight is 318 g/mol. The largest absolute Gasteiger partial charge is 0.462 e. The van der Waals surface area contributed by atoms with Crippen LogP contribution in [-0.2, 0) is 10.5 Å². The third-order valence-corrected chi connectivity index (χ3v) is 4.77. The second kappa shape index (κ2) is 8.15. The van der Waals surface area contributed by atoms with Crippen molar-refractivity contribution in [1.29, 1.82) is 0 Å². The van der Waals surface area contributed by atoms with Crippen molar-refractivity contribution >= 4 is 29.5 Å². The molecule has 0 heterocycles. The summed E-state index contributed by atoms with van der Waals surface area (Å²) in [5.41, 5.74) is 1.67. The van der Waals surface area contributed by atoms with Gasteiger partial charge >= 0.3 is 5.97 Å². The molecule has 2 rings (SSSR count). The minimum atomic E-state index is -0.244. The zero-order valence-electron chi connectivity index (χ0n) is 12.2. The number of thioether (sulfide) groups is 2.